The molecule has 2 aromatic carbocycles. The van der Waals surface area contributed by atoms with Gasteiger partial charge in [-0.3, -0.25) is 0 Å². The maximum Gasteiger partial charge on any atom is 0.247 e. The lowest BCUT2D eigenvalue weighted by Gasteiger charge is -2.08. The van der Waals surface area contributed by atoms with Crippen molar-refractivity contribution >= 4 is 17.5 Å². The molecule has 7 heteroatoms. The zero-order valence-corrected chi connectivity index (χ0v) is 13.1. The maximum absolute atomic E-state index is 5.85. The Morgan fingerprint density at radius 3 is 2.61 bits per heavy atom. The largest absolute Gasteiger partial charge is 0.375 e. The van der Waals surface area contributed by atoms with Gasteiger partial charge in [0, 0.05) is 11.6 Å². The topological polar surface area (TPSA) is 64.9 Å². The number of hydrogen-bond donors (Lipinski definition) is 1. The summed E-state index contributed by atoms with van der Waals surface area (Å²) in [5, 5.41) is 15.6. The Labute approximate surface area is 139 Å². The van der Waals surface area contributed by atoms with E-state index in [0.717, 1.165) is 16.3 Å². The fourth-order valence-corrected chi connectivity index (χ4v) is 2.17. The Hall–Kier alpha value is -2.44. The molecule has 0 atom stereocenters. The van der Waals surface area contributed by atoms with Crippen LogP contribution >= 0.6 is 11.6 Å². The minimum atomic E-state index is 0.544. The van der Waals surface area contributed by atoms with Crippen molar-refractivity contribution in [3.63, 3.8) is 0 Å². The number of tetrazole rings is 1. The first-order valence-electron chi connectivity index (χ1n) is 7.23. The van der Waals surface area contributed by atoms with E-state index in [1.165, 1.54) is 0 Å². The van der Waals surface area contributed by atoms with Crippen molar-refractivity contribution in [2.75, 3.05) is 18.5 Å². The molecule has 0 saturated carbocycles. The Balaban J connectivity index is 1.46. The molecule has 3 rings (SSSR count). The number of hydrogen-bond acceptors (Lipinski definition) is 5. The summed E-state index contributed by atoms with van der Waals surface area (Å²) in [6.07, 6.45) is 0. The average Bonchev–Trinajstić information content (AvgIpc) is 3.05. The van der Waals surface area contributed by atoms with Gasteiger partial charge in [0.2, 0.25) is 5.95 Å². The number of nitrogens with zero attached hydrogens (tertiary/aromatic N) is 4. The fraction of sp³-hybridized carbons (Fsp3) is 0.188. The number of anilines is 1. The van der Waals surface area contributed by atoms with E-state index < -0.39 is 0 Å². The van der Waals surface area contributed by atoms with Gasteiger partial charge in [0.1, 0.15) is 0 Å². The molecule has 1 heterocycles. The summed E-state index contributed by atoms with van der Waals surface area (Å²) < 4.78 is 7.27. The molecule has 3 aromatic rings. The first kappa shape index (κ1) is 15.5. The highest BCUT2D eigenvalue weighted by Gasteiger charge is 2.06. The number of nitrogens with one attached hydrogen (secondary N) is 1. The molecule has 0 amide bonds. The van der Waals surface area contributed by atoms with Gasteiger partial charge in [0.15, 0.2) is 0 Å². The number of benzene rings is 2. The van der Waals surface area contributed by atoms with Gasteiger partial charge < -0.3 is 10.1 Å². The van der Waals surface area contributed by atoms with Crippen LogP contribution in [0.25, 0.3) is 5.69 Å². The molecule has 6 nitrogen and oxygen atoms in total. The molecule has 0 unspecified atom stereocenters. The number of halogens is 1. The molecule has 118 valence electrons. The van der Waals surface area contributed by atoms with Gasteiger partial charge in [-0.05, 0) is 40.3 Å². The molecule has 0 radical (unpaired) electrons. The van der Waals surface area contributed by atoms with Crippen molar-refractivity contribution < 1.29 is 4.74 Å². The van der Waals surface area contributed by atoms with Gasteiger partial charge in [-0.15, -0.1) is 0 Å². The second-order valence-corrected chi connectivity index (χ2v) is 5.29. The maximum atomic E-state index is 5.85. The van der Waals surface area contributed by atoms with Gasteiger partial charge in [0.05, 0.1) is 18.9 Å². The van der Waals surface area contributed by atoms with E-state index in [1.807, 2.05) is 54.6 Å². The fourth-order valence-electron chi connectivity index (χ4n) is 2.05. The van der Waals surface area contributed by atoms with Crippen LogP contribution in [-0.2, 0) is 11.3 Å². The van der Waals surface area contributed by atoms with Crippen LogP contribution in [0.4, 0.5) is 5.95 Å². The van der Waals surface area contributed by atoms with Crippen LogP contribution in [0.3, 0.4) is 0 Å². The Kier molecular flexibility index (Phi) is 5.18. The molecule has 0 saturated heterocycles. The highest BCUT2D eigenvalue weighted by Crippen LogP contribution is 2.11. The van der Waals surface area contributed by atoms with E-state index in [9.17, 15) is 0 Å². The molecule has 23 heavy (non-hydrogen) atoms. The predicted octanol–water partition coefficient (Wildman–Crippen LogP) is 2.94. The van der Waals surface area contributed by atoms with E-state index in [2.05, 4.69) is 20.8 Å². The summed E-state index contributed by atoms with van der Waals surface area (Å²) in [5.41, 5.74) is 1.99. The molecule has 0 spiro atoms. The third-order valence-corrected chi connectivity index (χ3v) is 3.43. The first-order chi connectivity index (χ1) is 11.3. The zero-order chi connectivity index (χ0) is 15.9. The van der Waals surface area contributed by atoms with Crippen molar-refractivity contribution in [1.82, 2.24) is 20.2 Å². The highest BCUT2D eigenvalue weighted by molar-refractivity contribution is 6.30. The Morgan fingerprint density at radius 2 is 1.83 bits per heavy atom. The van der Waals surface area contributed by atoms with Crippen molar-refractivity contribution in [3.8, 4) is 5.69 Å². The number of ether oxygens (including phenoxy) is 1. The summed E-state index contributed by atoms with van der Waals surface area (Å²) in [5.74, 6) is 0.589. The van der Waals surface area contributed by atoms with Crippen LogP contribution in [0.1, 0.15) is 5.56 Å². The SMILES string of the molecule is Clc1ccc(COCCNc2nnnn2-c2ccccc2)cc1. The van der Waals surface area contributed by atoms with Gasteiger partial charge in [-0.1, -0.05) is 47.0 Å². The molecule has 0 bridgehead atoms. The quantitative estimate of drug-likeness (QED) is 0.675. The van der Waals surface area contributed by atoms with Crippen LogP contribution in [0.15, 0.2) is 54.6 Å². The molecule has 0 aliphatic heterocycles. The van der Waals surface area contributed by atoms with Crippen molar-refractivity contribution in [3.05, 3.63) is 65.2 Å². The van der Waals surface area contributed by atoms with Crippen LogP contribution in [0.5, 0.6) is 0 Å². The van der Waals surface area contributed by atoms with Crippen LogP contribution in [-0.4, -0.2) is 33.4 Å². The second-order valence-electron chi connectivity index (χ2n) is 4.86. The first-order valence-corrected chi connectivity index (χ1v) is 7.60. The van der Waals surface area contributed by atoms with E-state index in [4.69, 9.17) is 16.3 Å². The average molecular weight is 330 g/mol. The zero-order valence-electron chi connectivity index (χ0n) is 12.4. The Bertz CT molecular complexity index is 730. The van der Waals surface area contributed by atoms with E-state index in [1.54, 1.807) is 4.68 Å². The lowest BCUT2D eigenvalue weighted by molar-refractivity contribution is 0.130. The molecule has 1 N–H and O–H groups in total. The van der Waals surface area contributed by atoms with Gasteiger partial charge in [-0.25, -0.2) is 0 Å². The highest BCUT2D eigenvalue weighted by atomic mass is 35.5. The van der Waals surface area contributed by atoms with Crippen molar-refractivity contribution in [2.24, 2.45) is 0 Å². The smallest absolute Gasteiger partial charge is 0.247 e. The van der Waals surface area contributed by atoms with Gasteiger partial charge in [0.25, 0.3) is 0 Å². The molecular weight excluding hydrogens is 314 g/mol. The molecule has 0 aliphatic rings. The lowest BCUT2D eigenvalue weighted by atomic mass is 10.2. The normalized spacial score (nSPS) is 10.7. The number of aromatic nitrogens is 4. The van der Waals surface area contributed by atoms with Crippen LogP contribution in [0.2, 0.25) is 5.02 Å². The Morgan fingerprint density at radius 1 is 1.04 bits per heavy atom. The third-order valence-electron chi connectivity index (χ3n) is 3.18. The lowest BCUT2D eigenvalue weighted by Crippen LogP contribution is -2.13. The summed E-state index contributed by atoms with van der Waals surface area (Å²) in [6, 6.07) is 17.3. The number of rotatable bonds is 7. The van der Waals surface area contributed by atoms with E-state index >= 15 is 0 Å². The third kappa shape index (κ3) is 4.28. The van der Waals surface area contributed by atoms with Crippen LogP contribution < -0.4 is 5.32 Å². The summed E-state index contributed by atoms with van der Waals surface area (Å²) >= 11 is 5.85. The number of para-hydroxylation sites is 1. The molecule has 0 fully saturated rings. The molecule has 1 aromatic heterocycles. The second kappa shape index (κ2) is 7.71. The summed E-state index contributed by atoms with van der Waals surface area (Å²) in [7, 11) is 0. The van der Waals surface area contributed by atoms with E-state index in [-0.39, 0.29) is 0 Å². The van der Waals surface area contributed by atoms with Gasteiger partial charge in [-0.2, -0.15) is 4.68 Å². The van der Waals surface area contributed by atoms with E-state index in [0.29, 0.717) is 25.7 Å². The monoisotopic (exact) mass is 329 g/mol. The van der Waals surface area contributed by atoms with Crippen molar-refractivity contribution in [2.45, 2.75) is 6.61 Å². The van der Waals surface area contributed by atoms with Crippen molar-refractivity contribution in [1.29, 1.82) is 0 Å². The standard InChI is InChI=1S/C16H16ClN5O/c17-14-8-6-13(7-9-14)12-23-11-10-18-16-19-20-21-22(16)15-4-2-1-3-5-15/h1-9H,10-12H2,(H,18,19,21). The summed E-state index contributed by atoms with van der Waals surface area (Å²) in [4.78, 5) is 0. The minimum absolute atomic E-state index is 0.544. The molecular formula is C16H16ClN5O. The summed E-state index contributed by atoms with van der Waals surface area (Å²) in [6.45, 7) is 1.70. The molecule has 0 aliphatic carbocycles. The van der Waals surface area contributed by atoms with Crippen LogP contribution in [0, 0.1) is 0 Å². The minimum Gasteiger partial charge on any atom is -0.375 e. The predicted molar refractivity (Wildman–Crippen MR) is 88.8 cm³/mol. The van der Waals surface area contributed by atoms with Gasteiger partial charge >= 0.3 is 0 Å².